The van der Waals surface area contributed by atoms with Crippen LogP contribution in [0.3, 0.4) is 0 Å². The minimum absolute atomic E-state index is 0.0198. The van der Waals surface area contributed by atoms with Gasteiger partial charge in [0.2, 0.25) is 16.0 Å². The van der Waals surface area contributed by atoms with Crippen LogP contribution in [0.5, 0.6) is 0 Å². The van der Waals surface area contributed by atoms with E-state index in [1.165, 1.54) is 23.7 Å². The summed E-state index contributed by atoms with van der Waals surface area (Å²) < 4.78 is 26.4. The Hall–Kier alpha value is -1.62. The molecule has 0 unspecified atom stereocenters. The average molecular weight is 300 g/mol. The second kappa shape index (κ2) is 5.57. The van der Waals surface area contributed by atoms with Crippen molar-refractivity contribution in [1.29, 1.82) is 0 Å². The first kappa shape index (κ1) is 13.8. The Kier molecular flexibility index (Phi) is 4.04. The van der Waals surface area contributed by atoms with Gasteiger partial charge in [-0.1, -0.05) is 0 Å². The molecule has 0 saturated heterocycles. The van der Waals surface area contributed by atoms with Crippen LogP contribution < -0.4 is 16.0 Å². The van der Waals surface area contributed by atoms with E-state index in [9.17, 15) is 8.42 Å². The molecule has 19 heavy (non-hydrogen) atoms. The first-order chi connectivity index (χ1) is 9.03. The molecular formula is C9H12N6O2S2. The van der Waals surface area contributed by atoms with Crippen molar-refractivity contribution >= 4 is 27.3 Å². The number of nitrogens with two attached hydrogens (primary N) is 1. The zero-order valence-electron chi connectivity index (χ0n) is 9.99. The molecule has 0 bridgehead atoms. The van der Waals surface area contributed by atoms with E-state index in [4.69, 9.17) is 5.84 Å². The number of nitrogens with one attached hydrogen (secondary N) is 2. The summed E-state index contributed by atoms with van der Waals surface area (Å²) in [6, 6.07) is 0. The van der Waals surface area contributed by atoms with E-state index in [-0.39, 0.29) is 17.4 Å². The average Bonchev–Trinajstić information content (AvgIpc) is 2.82. The molecule has 10 heteroatoms. The Morgan fingerprint density at radius 2 is 2.00 bits per heavy atom. The van der Waals surface area contributed by atoms with Crippen LogP contribution in [0.2, 0.25) is 0 Å². The number of rotatable bonds is 5. The lowest BCUT2D eigenvalue weighted by atomic mass is 10.4. The summed E-state index contributed by atoms with van der Waals surface area (Å²) in [6.07, 6.45) is 2.37. The van der Waals surface area contributed by atoms with Crippen molar-refractivity contribution in [2.24, 2.45) is 5.84 Å². The third kappa shape index (κ3) is 3.23. The fourth-order valence-electron chi connectivity index (χ4n) is 1.27. The highest BCUT2D eigenvalue weighted by Crippen LogP contribution is 2.13. The molecular weight excluding hydrogens is 288 g/mol. The van der Waals surface area contributed by atoms with E-state index < -0.39 is 10.0 Å². The third-order valence-electron chi connectivity index (χ3n) is 2.34. The number of thiazole rings is 1. The molecule has 0 aliphatic carbocycles. The zero-order chi connectivity index (χ0) is 13.9. The molecule has 2 aromatic heterocycles. The highest BCUT2D eigenvalue weighted by molar-refractivity contribution is 7.89. The Morgan fingerprint density at radius 3 is 2.53 bits per heavy atom. The molecule has 2 heterocycles. The number of hydrazine groups is 1. The van der Waals surface area contributed by atoms with Crippen molar-refractivity contribution < 1.29 is 8.42 Å². The molecule has 0 atom stereocenters. The maximum absolute atomic E-state index is 12.0. The Morgan fingerprint density at radius 1 is 1.32 bits per heavy atom. The number of hydrogen-bond acceptors (Lipinski definition) is 8. The summed E-state index contributed by atoms with van der Waals surface area (Å²) in [7, 11) is -3.64. The van der Waals surface area contributed by atoms with E-state index in [0.717, 1.165) is 10.6 Å². The number of nitrogens with zero attached hydrogens (tertiary/aromatic N) is 3. The van der Waals surface area contributed by atoms with Gasteiger partial charge >= 0.3 is 0 Å². The molecule has 2 rings (SSSR count). The van der Waals surface area contributed by atoms with Crippen molar-refractivity contribution in [2.75, 3.05) is 5.43 Å². The SMILES string of the molecule is Cc1ncsc1CNS(=O)(=O)c1cnc(NN)nc1. The highest BCUT2D eigenvalue weighted by atomic mass is 32.2. The lowest BCUT2D eigenvalue weighted by Gasteiger charge is -2.05. The lowest BCUT2D eigenvalue weighted by Crippen LogP contribution is -2.23. The quantitative estimate of drug-likeness (QED) is 0.525. The van der Waals surface area contributed by atoms with Gasteiger partial charge in [0.25, 0.3) is 0 Å². The van der Waals surface area contributed by atoms with Crippen molar-refractivity contribution in [3.05, 3.63) is 28.5 Å². The van der Waals surface area contributed by atoms with Gasteiger partial charge in [-0.25, -0.2) is 33.9 Å². The van der Waals surface area contributed by atoms with E-state index in [1.807, 2.05) is 6.92 Å². The topological polar surface area (TPSA) is 123 Å². The molecule has 0 spiro atoms. The van der Waals surface area contributed by atoms with Crippen LogP contribution in [0.25, 0.3) is 0 Å². The predicted octanol–water partition coefficient (Wildman–Crippen LogP) is 0.00562. The van der Waals surface area contributed by atoms with Crippen LogP contribution in [0.15, 0.2) is 22.8 Å². The fourth-order valence-corrected chi connectivity index (χ4v) is 2.96. The molecule has 102 valence electrons. The molecule has 0 radical (unpaired) electrons. The van der Waals surface area contributed by atoms with E-state index in [0.29, 0.717) is 0 Å². The van der Waals surface area contributed by atoms with Crippen LogP contribution in [0, 0.1) is 6.92 Å². The first-order valence-corrected chi connectivity index (χ1v) is 7.56. The van der Waals surface area contributed by atoms with Crippen molar-refractivity contribution in [2.45, 2.75) is 18.4 Å². The molecule has 0 aromatic carbocycles. The largest absolute Gasteiger partial charge is 0.292 e. The summed E-state index contributed by atoms with van der Waals surface area (Å²) in [5.41, 5.74) is 4.71. The number of hydrogen-bond donors (Lipinski definition) is 3. The fraction of sp³-hybridized carbons (Fsp3) is 0.222. The molecule has 0 amide bonds. The molecule has 2 aromatic rings. The van der Waals surface area contributed by atoms with Crippen LogP contribution in [0.4, 0.5) is 5.95 Å². The molecule has 0 fully saturated rings. The minimum Gasteiger partial charge on any atom is -0.292 e. The summed E-state index contributed by atoms with van der Waals surface area (Å²) in [5, 5.41) is 0. The van der Waals surface area contributed by atoms with E-state index in [1.54, 1.807) is 5.51 Å². The zero-order valence-corrected chi connectivity index (χ0v) is 11.6. The molecule has 0 saturated carbocycles. The van der Waals surface area contributed by atoms with Crippen LogP contribution in [-0.2, 0) is 16.6 Å². The van der Waals surface area contributed by atoms with Crippen LogP contribution in [-0.4, -0.2) is 23.4 Å². The van der Waals surface area contributed by atoms with Gasteiger partial charge in [0.15, 0.2) is 0 Å². The molecule has 0 aliphatic rings. The Bertz CT molecular complexity index is 652. The van der Waals surface area contributed by atoms with Crippen molar-refractivity contribution in [3.8, 4) is 0 Å². The number of aromatic nitrogens is 3. The number of nitrogen functional groups attached to an aromatic ring is 1. The number of anilines is 1. The van der Waals surface area contributed by atoms with Crippen LogP contribution >= 0.6 is 11.3 Å². The molecule has 8 nitrogen and oxygen atoms in total. The lowest BCUT2D eigenvalue weighted by molar-refractivity contribution is 0.580. The molecule has 4 N–H and O–H groups in total. The monoisotopic (exact) mass is 300 g/mol. The summed E-state index contributed by atoms with van der Waals surface area (Å²) in [4.78, 5) is 12.4. The van der Waals surface area contributed by atoms with Gasteiger partial charge in [0, 0.05) is 11.4 Å². The summed E-state index contributed by atoms with van der Waals surface area (Å²) in [6.45, 7) is 2.01. The van der Waals surface area contributed by atoms with Crippen molar-refractivity contribution in [1.82, 2.24) is 19.7 Å². The van der Waals surface area contributed by atoms with Gasteiger partial charge in [-0.05, 0) is 6.92 Å². The molecule has 0 aliphatic heterocycles. The van der Waals surface area contributed by atoms with Gasteiger partial charge in [0.05, 0.1) is 23.6 Å². The highest BCUT2D eigenvalue weighted by Gasteiger charge is 2.16. The normalized spacial score (nSPS) is 11.5. The van der Waals surface area contributed by atoms with Gasteiger partial charge in [-0.15, -0.1) is 11.3 Å². The Balaban J connectivity index is 2.11. The van der Waals surface area contributed by atoms with Gasteiger partial charge < -0.3 is 0 Å². The van der Waals surface area contributed by atoms with E-state index in [2.05, 4.69) is 25.1 Å². The maximum atomic E-state index is 12.0. The second-order valence-electron chi connectivity index (χ2n) is 3.57. The van der Waals surface area contributed by atoms with Gasteiger partial charge in [0.1, 0.15) is 4.90 Å². The standard InChI is InChI=1S/C9H12N6O2S2/c1-6-8(18-5-13-6)4-14-19(16,17)7-2-11-9(15-10)12-3-7/h2-3,5,14H,4,10H2,1H3,(H,11,12,15). The van der Waals surface area contributed by atoms with Crippen molar-refractivity contribution in [3.63, 3.8) is 0 Å². The van der Waals surface area contributed by atoms with Gasteiger partial charge in [-0.3, -0.25) is 5.43 Å². The third-order valence-corrected chi connectivity index (χ3v) is 4.63. The predicted molar refractivity (Wildman–Crippen MR) is 70.7 cm³/mol. The number of aryl methyl sites for hydroxylation is 1. The summed E-state index contributed by atoms with van der Waals surface area (Å²) >= 11 is 1.40. The smallest absolute Gasteiger partial charge is 0.243 e. The van der Waals surface area contributed by atoms with Gasteiger partial charge in [-0.2, -0.15) is 0 Å². The second-order valence-corrected chi connectivity index (χ2v) is 6.28. The first-order valence-electron chi connectivity index (χ1n) is 5.20. The Labute approximate surface area is 114 Å². The minimum atomic E-state index is -3.64. The number of sulfonamides is 1. The maximum Gasteiger partial charge on any atom is 0.243 e. The van der Waals surface area contributed by atoms with Crippen LogP contribution in [0.1, 0.15) is 10.6 Å². The van der Waals surface area contributed by atoms with E-state index >= 15 is 0 Å². The summed E-state index contributed by atoms with van der Waals surface area (Å²) in [5.74, 6) is 5.25.